The first-order valence-corrected chi connectivity index (χ1v) is 9.40. The summed E-state index contributed by atoms with van der Waals surface area (Å²) in [6.45, 7) is 12.6. The van der Waals surface area contributed by atoms with E-state index in [1.165, 1.54) is 18.0 Å². The number of rotatable bonds is 5. The largest absolute Gasteiger partial charge is 0.284 e. The van der Waals surface area contributed by atoms with Gasteiger partial charge < -0.3 is 0 Å². The third kappa shape index (κ3) is 3.17. The summed E-state index contributed by atoms with van der Waals surface area (Å²) in [7, 11) is -3.73. The van der Waals surface area contributed by atoms with E-state index in [0.29, 0.717) is 10.8 Å². The Balaban J connectivity index is 2.83. The first-order valence-electron chi connectivity index (χ1n) is 7.96. The van der Waals surface area contributed by atoms with Crippen LogP contribution in [0.15, 0.2) is 29.4 Å². The van der Waals surface area contributed by atoms with Crippen LogP contribution in [0, 0.1) is 0 Å². The maximum absolute atomic E-state index is 12.9. The van der Waals surface area contributed by atoms with E-state index in [2.05, 4.69) is 38.0 Å². The Hall–Kier alpha value is -1.69. The quantitative estimate of drug-likeness (QED) is 0.831. The Morgan fingerprint density at radius 3 is 1.96 bits per heavy atom. The zero-order chi connectivity index (χ0) is 17.4. The van der Waals surface area contributed by atoms with Crippen LogP contribution in [0.1, 0.15) is 76.0 Å². The van der Waals surface area contributed by atoms with Gasteiger partial charge in [0.15, 0.2) is 0 Å². The third-order valence-electron chi connectivity index (χ3n) is 3.98. The average molecular weight is 335 g/mol. The summed E-state index contributed by atoms with van der Waals surface area (Å²) in [4.78, 5) is 0.325. The molecule has 1 heterocycles. The number of hydrogen-bond acceptors (Lipinski definition) is 4. The van der Waals surface area contributed by atoms with Crippen LogP contribution in [0.5, 0.6) is 0 Å². The van der Waals surface area contributed by atoms with E-state index in [1.54, 1.807) is 6.07 Å². The van der Waals surface area contributed by atoms with Crippen molar-refractivity contribution < 1.29 is 8.42 Å². The second kappa shape index (κ2) is 6.43. The van der Waals surface area contributed by atoms with Gasteiger partial charge in [0.25, 0.3) is 10.0 Å². The Kier molecular flexibility index (Phi) is 4.94. The second-order valence-corrected chi connectivity index (χ2v) is 8.49. The number of benzene rings is 1. The van der Waals surface area contributed by atoms with Gasteiger partial charge in [-0.15, -0.1) is 9.19 Å². The van der Waals surface area contributed by atoms with Crippen molar-refractivity contribution in [2.24, 2.45) is 0 Å². The normalized spacial score (nSPS) is 12.6. The minimum absolute atomic E-state index is 0.0967. The van der Waals surface area contributed by atoms with E-state index < -0.39 is 10.0 Å². The Labute approximate surface area is 138 Å². The maximum atomic E-state index is 12.9. The van der Waals surface area contributed by atoms with Crippen molar-refractivity contribution >= 4 is 10.0 Å². The van der Waals surface area contributed by atoms with E-state index >= 15 is 0 Å². The number of nitrogens with zero attached hydrogens (tertiary/aromatic N) is 3. The van der Waals surface area contributed by atoms with Crippen LogP contribution in [0.4, 0.5) is 0 Å². The van der Waals surface area contributed by atoms with Crippen LogP contribution in [0.3, 0.4) is 0 Å². The Morgan fingerprint density at radius 2 is 1.52 bits per heavy atom. The third-order valence-corrected chi connectivity index (χ3v) is 5.58. The van der Waals surface area contributed by atoms with Crippen molar-refractivity contribution in [1.29, 1.82) is 0 Å². The van der Waals surface area contributed by atoms with Gasteiger partial charge >= 0.3 is 0 Å². The average Bonchev–Trinajstić information content (AvgIpc) is 3.00. The summed E-state index contributed by atoms with van der Waals surface area (Å²) >= 11 is 0. The van der Waals surface area contributed by atoms with Crippen LogP contribution < -0.4 is 0 Å². The van der Waals surface area contributed by atoms with Crippen molar-refractivity contribution in [3.8, 4) is 0 Å². The molecule has 0 saturated heterocycles. The number of hydrogen-bond donors (Lipinski definition) is 0. The molecule has 126 valence electrons. The predicted octanol–water partition coefficient (Wildman–Crippen LogP) is 3.89. The molecule has 0 spiro atoms. The van der Waals surface area contributed by atoms with Gasteiger partial charge in [-0.2, -0.15) is 8.42 Å². The molecule has 5 nitrogen and oxygen atoms in total. The van der Waals surface area contributed by atoms with Gasteiger partial charge in [-0.05, 0) is 40.5 Å². The molecule has 0 saturated carbocycles. The molecule has 1 aromatic carbocycles. The van der Waals surface area contributed by atoms with Crippen LogP contribution >= 0.6 is 0 Å². The van der Waals surface area contributed by atoms with E-state index in [-0.39, 0.29) is 11.8 Å². The van der Waals surface area contributed by atoms with Gasteiger partial charge in [0, 0.05) is 0 Å². The molecule has 0 aliphatic rings. The molecule has 1 aromatic heterocycles. The summed E-state index contributed by atoms with van der Waals surface area (Å²) in [5.74, 6) is 0.683. The van der Waals surface area contributed by atoms with Gasteiger partial charge in [-0.3, -0.25) is 0 Å². The molecular weight excluding hydrogens is 310 g/mol. The minimum Gasteiger partial charge on any atom is -0.199 e. The summed E-state index contributed by atoms with van der Waals surface area (Å²) in [5.41, 5.74) is 3.24. The van der Waals surface area contributed by atoms with E-state index in [0.717, 1.165) is 15.2 Å². The minimum atomic E-state index is -3.73. The molecule has 23 heavy (non-hydrogen) atoms. The van der Waals surface area contributed by atoms with E-state index in [1.807, 2.05) is 19.9 Å². The standard InChI is InChI=1S/C17H25N3O2S/c1-11(2)14-7-8-15(17(13(5)6)16(14)12(3)4)23(21,22)20-10-9-18-19-20/h7-13H,1-6H3. The topological polar surface area (TPSA) is 64.8 Å². The second-order valence-electron chi connectivity index (χ2n) is 6.73. The van der Waals surface area contributed by atoms with Crippen molar-refractivity contribution in [3.05, 3.63) is 41.2 Å². The molecule has 6 heteroatoms. The highest BCUT2D eigenvalue weighted by Gasteiger charge is 2.28. The van der Waals surface area contributed by atoms with Gasteiger partial charge in [0.2, 0.25) is 0 Å². The monoisotopic (exact) mass is 335 g/mol. The highest BCUT2D eigenvalue weighted by Crippen LogP contribution is 2.37. The lowest BCUT2D eigenvalue weighted by molar-refractivity contribution is 0.573. The molecule has 0 N–H and O–H groups in total. The highest BCUT2D eigenvalue weighted by atomic mass is 32.2. The fraction of sp³-hybridized carbons (Fsp3) is 0.529. The smallest absolute Gasteiger partial charge is 0.199 e. The van der Waals surface area contributed by atoms with Crippen molar-refractivity contribution in [2.45, 2.75) is 64.2 Å². The fourth-order valence-electron chi connectivity index (χ4n) is 3.03. The summed E-state index contributed by atoms with van der Waals surface area (Å²) in [6, 6.07) is 3.66. The molecule has 2 aromatic rings. The van der Waals surface area contributed by atoms with Crippen molar-refractivity contribution in [3.63, 3.8) is 0 Å². The van der Waals surface area contributed by atoms with Gasteiger partial charge in [-0.25, -0.2) is 0 Å². The lowest BCUT2D eigenvalue weighted by Crippen LogP contribution is -2.19. The van der Waals surface area contributed by atoms with Crippen molar-refractivity contribution in [1.82, 2.24) is 14.4 Å². The molecule has 0 bridgehead atoms. The summed E-state index contributed by atoms with van der Waals surface area (Å²) < 4.78 is 26.8. The zero-order valence-corrected chi connectivity index (χ0v) is 15.4. The van der Waals surface area contributed by atoms with E-state index in [9.17, 15) is 8.42 Å². The molecule has 0 fully saturated rings. The summed E-state index contributed by atoms with van der Waals surface area (Å²) in [6.07, 6.45) is 2.74. The zero-order valence-electron chi connectivity index (χ0n) is 14.6. The lowest BCUT2D eigenvalue weighted by atomic mass is 9.83. The van der Waals surface area contributed by atoms with Gasteiger partial charge in [0.05, 0.1) is 17.3 Å². The van der Waals surface area contributed by atoms with E-state index in [4.69, 9.17) is 0 Å². The van der Waals surface area contributed by atoms with Crippen molar-refractivity contribution in [2.75, 3.05) is 0 Å². The van der Waals surface area contributed by atoms with Gasteiger partial charge in [-0.1, -0.05) is 52.8 Å². The van der Waals surface area contributed by atoms with Crippen LogP contribution in [0.2, 0.25) is 0 Å². The highest BCUT2D eigenvalue weighted by molar-refractivity contribution is 7.89. The first-order chi connectivity index (χ1) is 10.7. The SMILES string of the molecule is CC(C)c1ccc(S(=O)(=O)n2ccnn2)c(C(C)C)c1C(C)C. The predicted molar refractivity (Wildman–Crippen MR) is 91.3 cm³/mol. The maximum Gasteiger partial charge on any atom is 0.284 e. The summed E-state index contributed by atoms with van der Waals surface area (Å²) in [5, 5.41) is 7.30. The molecule has 0 atom stereocenters. The Morgan fingerprint density at radius 1 is 0.913 bits per heavy atom. The molecule has 0 aliphatic heterocycles. The first kappa shape index (κ1) is 17.7. The number of aromatic nitrogens is 3. The van der Waals surface area contributed by atoms with Crippen LogP contribution in [0.25, 0.3) is 0 Å². The molecule has 0 unspecified atom stereocenters. The van der Waals surface area contributed by atoms with Gasteiger partial charge in [0.1, 0.15) is 0 Å². The fourth-order valence-corrected chi connectivity index (χ4v) is 4.45. The molecule has 0 amide bonds. The van der Waals surface area contributed by atoms with Crippen LogP contribution in [-0.4, -0.2) is 22.8 Å². The molecule has 0 aliphatic carbocycles. The Bertz CT molecular complexity index is 776. The lowest BCUT2D eigenvalue weighted by Gasteiger charge is -2.25. The molecule has 2 rings (SSSR count). The van der Waals surface area contributed by atoms with Crippen LogP contribution in [-0.2, 0) is 10.0 Å². The molecule has 0 radical (unpaired) electrons. The molecular formula is C17H25N3O2S.